The average Bonchev–Trinajstić information content (AvgIpc) is 2.68. The maximum absolute atomic E-state index is 5.88. The Hall–Kier alpha value is -2.46. The van der Waals surface area contributed by atoms with E-state index in [9.17, 15) is 0 Å². The van der Waals surface area contributed by atoms with Crippen LogP contribution in [0.2, 0.25) is 0 Å². The summed E-state index contributed by atoms with van der Waals surface area (Å²) in [5, 5.41) is 0. The molecule has 0 N–H and O–H groups in total. The third-order valence-corrected chi connectivity index (χ3v) is 4.92. The summed E-state index contributed by atoms with van der Waals surface area (Å²) in [5.41, 5.74) is 3.74. The largest absolute Gasteiger partial charge is 0.495 e. The van der Waals surface area contributed by atoms with Crippen LogP contribution in [0.4, 0.5) is 5.69 Å². The number of benzene rings is 2. The number of methoxy groups -OCH3 is 1. The highest BCUT2D eigenvalue weighted by atomic mass is 16.5. The van der Waals surface area contributed by atoms with Crippen LogP contribution in [0.5, 0.6) is 11.5 Å². The van der Waals surface area contributed by atoms with Gasteiger partial charge in [-0.05, 0) is 29.8 Å². The van der Waals surface area contributed by atoms with Crippen molar-refractivity contribution in [2.24, 2.45) is 0 Å². The fraction of sp³-hybridized carbons (Fsp3) is 0.333. The van der Waals surface area contributed by atoms with Crippen molar-refractivity contribution in [1.29, 1.82) is 0 Å². The standard InChI is InChI=1S/C21H24N2O2/c1-24-21-9-5-3-7-19(21)23-12-10-22(11-13-23)15-17-14-18-6-2-4-8-20(18)25-16-17/h2-9,14H,10-13,15-16H2,1H3. The van der Waals surface area contributed by atoms with Gasteiger partial charge in [0.05, 0.1) is 12.8 Å². The van der Waals surface area contributed by atoms with Gasteiger partial charge in [0, 0.05) is 38.3 Å². The number of hydrogen-bond donors (Lipinski definition) is 0. The minimum atomic E-state index is 0.698. The molecule has 4 nitrogen and oxygen atoms in total. The zero-order chi connectivity index (χ0) is 17.1. The molecule has 0 aromatic heterocycles. The van der Waals surface area contributed by atoms with Gasteiger partial charge in [-0.15, -0.1) is 0 Å². The molecule has 1 fully saturated rings. The Bertz CT molecular complexity index is 764. The van der Waals surface area contributed by atoms with Crippen molar-refractivity contribution in [3.8, 4) is 11.5 Å². The molecule has 2 heterocycles. The van der Waals surface area contributed by atoms with E-state index in [0.29, 0.717) is 6.61 Å². The molecule has 25 heavy (non-hydrogen) atoms. The summed E-state index contributed by atoms with van der Waals surface area (Å²) in [6.07, 6.45) is 2.28. The van der Waals surface area contributed by atoms with E-state index >= 15 is 0 Å². The molecular formula is C21H24N2O2. The van der Waals surface area contributed by atoms with Gasteiger partial charge in [-0.1, -0.05) is 30.3 Å². The van der Waals surface area contributed by atoms with Crippen LogP contribution >= 0.6 is 0 Å². The monoisotopic (exact) mass is 336 g/mol. The number of nitrogens with zero attached hydrogens (tertiary/aromatic N) is 2. The van der Waals surface area contributed by atoms with Gasteiger partial charge in [0.25, 0.3) is 0 Å². The van der Waals surface area contributed by atoms with Crippen LogP contribution in [0.25, 0.3) is 6.08 Å². The van der Waals surface area contributed by atoms with Gasteiger partial charge < -0.3 is 14.4 Å². The molecule has 0 amide bonds. The first-order valence-corrected chi connectivity index (χ1v) is 8.85. The molecule has 4 rings (SSSR count). The molecule has 2 aliphatic heterocycles. The second-order valence-corrected chi connectivity index (χ2v) is 6.56. The van der Waals surface area contributed by atoms with Gasteiger partial charge in [-0.3, -0.25) is 4.90 Å². The van der Waals surface area contributed by atoms with Crippen molar-refractivity contribution in [2.75, 3.05) is 51.3 Å². The van der Waals surface area contributed by atoms with Crippen LogP contribution in [-0.4, -0.2) is 51.3 Å². The van der Waals surface area contributed by atoms with E-state index in [1.54, 1.807) is 7.11 Å². The number of para-hydroxylation sites is 3. The second-order valence-electron chi connectivity index (χ2n) is 6.56. The minimum Gasteiger partial charge on any atom is -0.495 e. The average molecular weight is 336 g/mol. The van der Waals surface area contributed by atoms with Crippen molar-refractivity contribution in [3.05, 3.63) is 59.7 Å². The van der Waals surface area contributed by atoms with Crippen LogP contribution in [0.1, 0.15) is 5.56 Å². The van der Waals surface area contributed by atoms with E-state index in [0.717, 1.165) is 44.2 Å². The van der Waals surface area contributed by atoms with Crippen molar-refractivity contribution in [2.45, 2.75) is 0 Å². The van der Waals surface area contributed by atoms with Gasteiger partial charge in [-0.25, -0.2) is 0 Å². The van der Waals surface area contributed by atoms with E-state index in [1.807, 2.05) is 24.3 Å². The Balaban J connectivity index is 1.38. The lowest BCUT2D eigenvalue weighted by Crippen LogP contribution is -2.47. The summed E-state index contributed by atoms with van der Waals surface area (Å²) in [6.45, 7) is 5.82. The van der Waals surface area contributed by atoms with Crippen molar-refractivity contribution >= 4 is 11.8 Å². The van der Waals surface area contributed by atoms with Gasteiger partial charge in [-0.2, -0.15) is 0 Å². The number of hydrogen-bond acceptors (Lipinski definition) is 4. The summed E-state index contributed by atoms with van der Waals surface area (Å²) in [5.74, 6) is 1.95. The summed E-state index contributed by atoms with van der Waals surface area (Å²) >= 11 is 0. The molecular weight excluding hydrogens is 312 g/mol. The molecule has 2 aliphatic rings. The van der Waals surface area contributed by atoms with Crippen LogP contribution in [-0.2, 0) is 0 Å². The number of ether oxygens (including phenoxy) is 2. The fourth-order valence-corrected chi connectivity index (χ4v) is 3.58. The number of piperazine rings is 1. The predicted molar refractivity (Wildman–Crippen MR) is 102 cm³/mol. The molecule has 0 unspecified atom stereocenters. The summed E-state index contributed by atoms with van der Waals surface area (Å²) < 4.78 is 11.4. The summed E-state index contributed by atoms with van der Waals surface area (Å²) in [6, 6.07) is 16.5. The summed E-state index contributed by atoms with van der Waals surface area (Å²) in [4.78, 5) is 4.92. The molecule has 0 spiro atoms. The Labute approximate surface area is 149 Å². The zero-order valence-electron chi connectivity index (χ0n) is 14.6. The lowest BCUT2D eigenvalue weighted by Gasteiger charge is -2.37. The SMILES string of the molecule is COc1ccccc1N1CCN(CC2=Cc3ccccc3OC2)CC1. The Morgan fingerprint density at radius 1 is 0.960 bits per heavy atom. The molecule has 0 aliphatic carbocycles. The fourth-order valence-electron chi connectivity index (χ4n) is 3.58. The second kappa shape index (κ2) is 7.19. The van der Waals surface area contributed by atoms with E-state index in [4.69, 9.17) is 9.47 Å². The molecule has 0 saturated carbocycles. The highest BCUT2D eigenvalue weighted by molar-refractivity contribution is 5.62. The van der Waals surface area contributed by atoms with Gasteiger partial charge >= 0.3 is 0 Å². The van der Waals surface area contributed by atoms with Gasteiger partial charge in [0.2, 0.25) is 0 Å². The number of rotatable bonds is 4. The maximum atomic E-state index is 5.88. The van der Waals surface area contributed by atoms with E-state index in [1.165, 1.54) is 16.8 Å². The third kappa shape index (κ3) is 3.49. The molecule has 4 heteroatoms. The van der Waals surface area contributed by atoms with Crippen LogP contribution < -0.4 is 14.4 Å². The predicted octanol–water partition coefficient (Wildman–Crippen LogP) is 3.29. The molecule has 0 atom stereocenters. The number of anilines is 1. The molecule has 2 aromatic carbocycles. The van der Waals surface area contributed by atoms with Gasteiger partial charge in [0.1, 0.15) is 18.1 Å². The zero-order valence-corrected chi connectivity index (χ0v) is 14.6. The van der Waals surface area contributed by atoms with E-state index < -0.39 is 0 Å². The van der Waals surface area contributed by atoms with Crippen LogP contribution in [0, 0.1) is 0 Å². The molecule has 0 bridgehead atoms. The first-order valence-electron chi connectivity index (χ1n) is 8.85. The number of fused-ring (bicyclic) bond motifs is 1. The lowest BCUT2D eigenvalue weighted by molar-refractivity contribution is 0.259. The van der Waals surface area contributed by atoms with Gasteiger partial charge in [0.15, 0.2) is 0 Å². The Morgan fingerprint density at radius 3 is 2.56 bits per heavy atom. The van der Waals surface area contributed by atoms with Crippen molar-refractivity contribution in [3.63, 3.8) is 0 Å². The Morgan fingerprint density at radius 2 is 1.72 bits per heavy atom. The topological polar surface area (TPSA) is 24.9 Å². The third-order valence-electron chi connectivity index (χ3n) is 4.92. The van der Waals surface area contributed by atoms with Crippen molar-refractivity contribution < 1.29 is 9.47 Å². The lowest BCUT2D eigenvalue weighted by atomic mass is 10.1. The first kappa shape index (κ1) is 16.0. The van der Waals surface area contributed by atoms with E-state index in [-0.39, 0.29) is 0 Å². The highest BCUT2D eigenvalue weighted by Gasteiger charge is 2.21. The quantitative estimate of drug-likeness (QED) is 0.855. The van der Waals surface area contributed by atoms with E-state index in [2.05, 4.69) is 40.1 Å². The molecule has 130 valence electrons. The normalized spacial score (nSPS) is 17.5. The highest BCUT2D eigenvalue weighted by Crippen LogP contribution is 2.29. The molecule has 0 radical (unpaired) electrons. The molecule has 1 saturated heterocycles. The first-order chi connectivity index (χ1) is 12.3. The Kier molecular flexibility index (Phi) is 4.61. The minimum absolute atomic E-state index is 0.698. The van der Waals surface area contributed by atoms with Crippen molar-refractivity contribution in [1.82, 2.24) is 4.90 Å². The van der Waals surface area contributed by atoms with Crippen LogP contribution in [0.3, 0.4) is 0 Å². The summed E-state index contributed by atoms with van der Waals surface area (Å²) in [7, 11) is 1.74. The maximum Gasteiger partial charge on any atom is 0.142 e. The molecule has 2 aromatic rings. The smallest absolute Gasteiger partial charge is 0.142 e. The van der Waals surface area contributed by atoms with Crippen LogP contribution in [0.15, 0.2) is 54.1 Å².